The fourth-order valence-electron chi connectivity index (χ4n) is 4.36. The van der Waals surface area contributed by atoms with Crippen LogP contribution in [0.4, 0.5) is 0 Å². The van der Waals surface area contributed by atoms with E-state index in [1.165, 1.54) is 5.56 Å². The van der Waals surface area contributed by atoms with Crippen LogP contribution in [0.25, 0.3) is 11.1 Å². The van der Waals surface area contributed by atoms with Gasteiger partial charge in [0.2, 0.25) is 0 Å². The highest BCUT2D eigenvalue weighted by Crippen LogP contribution is 2.34. The number of H-pyrrole nitrogens is 1. The van der Waals surface area contributed by atoms with E-state index in [1.54, 1.807) is 7.11 Å². The highest BCUT2D eigenvalue weighted by atomic mass is 16.5. The van der Waals surface area contributed by atoms with E-state index < -0.39 is 11.9 Å². The first-order valence-corrected chi connectivity index (χ1v) is 10.2. The molecule has 2 aromatic carbocycles. The van der Waals surface area contributed by atoms with E-state index in [9.17, 15) is 9.90 Å². The SMILES string of the molecule is COc1ccc([C@H](O)[C@H](C)N[C@H]2CC[C@@H](c3ccc4[nH]c(=O)oc4c3)CC2)cc1. The number of aromatic nitrogens is 1. The molecule has 1 heterocycles. The van der Waals surface area contributed by atoms with Crippen LogP contribution in [-0.2, 0) is 0 Å². The van der Waals surface area contributed by atoms with Gasteiger partial charge >= 0.3 is 5.76 Å². The zero-order chi connectivity index (χ0) is 20.4. The van der Waals surface area contributed by atoms with Crippen LogP contribution in [0.3, 0.4) is 0 Å². The van der Waals surface area contributed by atoms with E-state index in [1.807, 2.05) is 43.3 Å². The minimum atomic E-state index is -0.558. The van der Waals surface area contributed by atoms with Crippen molar-refractivity contribution in [2.45, 2.75) is 56.7 Å². The molecule has 6 nitrogen and oxygen atoms in total. The van der Waals surface area contributed by atoms with Gasteiger partial charge in [0.1, 0.15) is 5.75 Å². The lowest BCUT2D eigenvalue weighted by Gasteiger charge is -2.33. The summed E-state index contributed by atoms with van der Waals surface area (Å²) in [6.07, 6.45) is 3.70. The normalized spacial score (nSPS) is 21.8. The zero-order valence-electron chi connectivity index (χ0n) is 16.9. The lowest BCUT2D eigenvalue weighted by Crippen LogP contribution is -2.41. The number of hydrogen-bond donors (Lipinski definition) is 3. The Hall–Kier alpha value is -2.57. The third kappa shape index (κ3) is 4.38. The molecule has 1 aliphatic carbocycles. The van der Waals surface area contributed by atoms with E-state index in [0.29, 0.717) is 17.5 Å². The molecule has 0 bridgehead atoms. The number of oxazole rings is 1. The van der Waals surface area contributed by atoms with Crippen molar-refractivity contribution in [1.29, 1.82) is 0 Å². The third-order valence-corrected chi connectivity index (χ3v) is 6.07. The van der Waals surface area contributed by atoms with E-state index in [-0.39, 0.29) is 6.04 Å². The first-order chi connectivity index (χ1) is 14.0. The second kappa shape index (κ2) is 8.43. The number of rotatable bonds is 6. The van der Waals surface area contributed by atoms with Crippen LogP contribution in [-0.4, -0.2) is 29.3 Å². The predicted octanol–water partition coefficient (Wildman–Crippen LogP) is 3.87. The van der Waals surface area contributed by atoms with Crippen molar-refractivity contribution in [2.24, 2.45) is 0 Å². The van der Waals surface area contributed by atoms with Gasteiger partial charge in [-0.15, -0.1) is 0 Å². The molecule has 0 saturated heterocycles. The van der Waals surface area contributed by atoms with Gasteiger partial charge in [0, 0.05) is 12.1 Å². The van der Waals surface area contributed by atoms with Crippen LogP contribution in [0.1, 0.15) is 55.8 Å². The minimum absolute atomic E-state index is 0.0320. The molecule has 1 saturated carbocycles. The summed E-state index contributed by atoms with van der Waals surface area (Å²) in [6, 6.07) is 13.9. The fourth-order valence-corrected chi connectivity index (χ4v) is 4.36. The zero-order valence-corrected chi connectivity index (χ0v) is 16.9. The summed E-state index contributed by atoms with van der Waals surface area (Å²) in [5.41, 5.74) is 3.49. The molecule has 29 heavy (non-hydrogen) atoms. The first kappa shape index (κ1) is 19.7. The Morgan fingerprint density at radius 2 is 1.86 bits per heavy atom. The van der Waals surface area contributed by atoms with Crippen molar-refractivity contribution < 1.29 is 14.3 Å². The number of fused-ring (bicyclic) bond motifs is 1. The highest BCUT2D eigenvalue weighted by Gasteiger charge is 2.26. The van der Waals surface area contributed by atoms with E-state index in [0.717, 1.165) is 42.5 Å². The van der Waals surface area contributed by atoms with Crippen molar-refractivity contribution in [3.63, 3.8) is 0 Å². The van der Waals surface area contributed by atoms with E-state index >= 15 is 0 Å². The molecule has 2 atom stereocenters. The number of aliphatic hydroxyl groups excluding tert-OH is 1. The van der Waals surface area contributed by atoms with Crippen LogP contribution in [0.15, 0.2) is 51.7 Å². The lowest BCUT2D eigenvalue weighted by molar-refractivity contribution is 0.124. The van der Waals surface area contributed by atoms with E-state index in [2.05, 4.69) is 16.4 Å². The van der Waals surface area contributed by atoms with Gasteiger partial charge in [0.05, 0.1) is 18.7 Å². The van der Waals surface area contributed by atoms with Gasteiger partial charge in [0.25, 0.3) is 0 Å². The molecule has 1 fully saturated rings. The average Bonchev–Trinajstić information content (AvgIpc) is 3.13. The lowest BCUT2D eigenvalue weighted by atomic mass is 9.81. The molecule has 0 amide bonds. The number of ether oxygens (including phenoxy) is 1. The van der Waals surface area contributed by atoms with Gasteiger partial charge in [0.15, 0.2) is 5.58 Å². The van der Waals surface area contributed by atoms with Crippen LogP contribution >= 0.6 is 0 Å². The van der Waals surface area contributed by atoms with Crippen LogP contribution in [0.5, 0.6) is 5.75 Å². The second-order valence-electron chi connectivity index (χ2n) is 7.99. The van der Waals surface area contributed by atoms with Crippen LogP contribution < -0.4 is 15.8 Å². The quantitative estimate of drug-likeness (QED) is 0.589. The summed E-state index contributed by atoms with van der Waals surface area (Å²) < 4.78 is 10.4. The summed E-state index contributed by atoms with van der Waals surface area (Å²) in [5, 5.41) is 14.3. The maximum Gasteiger partial charge on any atom is 0.417 e. The number of methoxy groups -OCH3 is 1. The standard InChI is InChI=1S/C23H28N2O4/c1-14(22(26)16-5-10-19(28-2)11-6-16)24-18-8-3-15(4-9-18)17-7-12-20-21(13-17)29-23(27)25-20/h5-7,10-15,18,22,24,26H,3-4,8-9H2,1-2H3,(H,25,27)/t14-,15-,18+,22+/m0/s1. The van der Waals surface area contributed by atoms with Crippen LogP contribution in [0.2, 0.25) is 0 Å². The smallest absolute Gasteiger partial charge is 0.417 e. The molecule has 3 aromatic rings. The number of aliphatic hydroxyl groups is 1. The molecule has 0 unspecified atom stereocenters. The van der Waals surface area contributed by atoms with Gasteiger partial charge < -0.3 is 19.6 Å². The Bertz CT molecular complexity index is 1000. The first-order valence-electron chi connectivity index (χ1n) is 10.2. The molecule has 154 valence electrons. The summed E-state index contributed by atoms with van der Waals surface area (Å²) >= 11 is 0. The third-order valence-electron chi connectivity index (χ3n) is 6.07. The number of aromatic amines is 1. The largest absolute Gasteiger partial charge is 0.497 e. The fraction of sp³-hybridized carbons (Fsp3) is 0.435. The molecule has 1 aromatic heterocycles. The summed E-state index contributed by atoms with van der Waals surface area (Å²) in [5.74, 6) is 0.853. The Balaban J connectivity index is 1.33. The average molecular weight is 396 g/mol. The number of nitrogens with one attached hydrogen (secondary N) is 2. The minimum Gasteiger partial charge on any atom is -0.497 e. The molecule has 0 aliphatic heterocycles. The Labute approximate surface area is 169 Å². The van der Waals surface area contributed by atoms with Gasteiger partial charge in [-0.1, -0.05) is 18.2 Å². The number of benzene rings is 2. The van der Waals surface area contributed by atoms with Crippen LogP contribution in [0, 0.1) is 0 Å². The van der Waals surface area contributed by atoms with Crippen molar-refractivity contribution in [2.75, 3.05) is 7.11 Å². The topological polar surface area (TPSA) is 87.5 Å². The molecule has 4 rings (SSSR count). The predicted molar refractivity (Wildman–Crippen MR) is 112 cm³/mol. The van der Waals surface area contributed by atoms with Crippen molar-refractivity contribution >= 4 is 11.1 Å². The number of hydrogen-bond acceptors (Lipinski definition) is 5. The maximum absolute atomic E-state index is 11.4. The summed E-state index contributed by atoms with van der Waals surface area (Å²) in [4.78, 5) is 14.0. The Morgan fingerprint density at radius 3 is 2.55 bits per heavy atom. The van der Waals surface area contributed by atoms with Crippen molar-refractivity contribution in [3.8, 4) is 5.75 Å². The highest BCUT2D eigenvalue weighted by molar-refractivity contribution is 5.72. The summed E-state index contributed by atoms with van der Waals surface area (Å²) in [7, 11) is 1.64. The Morgan fingerprint density at radius 1 is 1.14 bits per heavy atom. The van der Waals surface area contributed by atoms with Gasteiger partial charge in [-0.05, 0) is 73.9 Å². The van der Waals surface area contributed by atoms with Crippen molar-refractivity contribution in [3.05, 3.63) is 64.1 Å². The maximum atomic E-state index is 11.4. The molecular formula is C23H28N2O4. The summed E-state index contributed by atoms with van der Waals surface area (Å²) in [6.45, 7) is 2.03. The van der Waals surface area contributed by atoms with Crippen molar-refractivity contribution in [1.82, 2.24) is 10.3 Å². The van der Waals surface area contributed by atoms with Gasteiger partial charge in [-0.2, -0.15) is 0 Å². The molecule has 1 aliphatic rings. The van der Waals surface area contributed by atoms with Gasteiger partial charge in [-0.3, -0.25) is 4.98 Å². The van der Waals surface area contributed by atoms with Gasteiger partial charge in [-0.25, -0.2) is 4.79 Å². The monoisotopic (exact) mass is 396 g/mol. The molecule has 0 spiro atoms. The molecule has 6 heteroatoms. The second-order valence-corrected chi connectivity index (χ2v) is 7.99. The van der Waals surface area contributed by atoms with E-state index in [4.69, 9.17) is 9.15 Å². The Kier molecular flexibility index (Phi) is 5.74. The molecular weight excluding hydrogens is 368 g/mol. The molecule has 3 N–H and O–H groups in total. The molecule has 0 radical (unpaired) electrons.